The Hall–Kier alpha value is -0.780. The summed E-state index contributed by atoms with van der Waals surface area (Å²) in [5, 5.41) is 0. The zero-order valence-corrected chi connectivity index (χ0v) is 17.9. The third-order valence-electron chi connectivity index (χ3n) is 5.14. The standard InChI is InChI=1S/C22H38.C2H6/c1-7-9-11-16-20(19-14-12-10-13-15-19)17-22(5,6)18-21(3,4)8-2;1-2/h10,12-15,20H,7-9,11,16-18H2,1-6H3;1-2H3. The fourth-order valence-electron chi connectivity index (χ4n) is 3.91. The van der Waals surface area contributed by atoms with E-state index in [-0.39, 0.29) is 0 Å². The Kier molecular flexibility index (Phi) is 11.3. The van der Waals surface area contributed by atoms with Gasteiger partial charge < -0.3 is 0 Å². The van der Waals surface area contributed by atoms with E-state index in [0.29, 0.717) is 10.8 Å². The van der Waals surface area contributed by atoms with Crippen LogP contribution in [0.2, 0.25) is 0 Å². The van der Waals surface area contributed by atoms with E-state index in [0.717, 1.165) is 5.92 Å². The predicted octanol–water partition coefficient (Wildman–Crippen LogP) is 8.62. The molecule has 140 valence electrons. The molecule has 1 atom stereocenters. The molecule has 0 saturated heterocycles. The van der Waals surface area contributed by atoms with Crippen LogP contribution >= 0.6 is 0 Å². The second-order valence-corrected chi connectivity index (χ2v) is 8.67. The molecule has 0 saturated carbocycles. The molecule has 0 N–H and O–H groups in total. The molecule has 1 rings (SSSR count). The Morgan fingerprint density at radius 3 is 1.92 bits per heavy atom. The van der Waals surface area contributed by atoms with Gasteiger partial charge in [0.2, 0.25) is 0 Å². The van der Waals surface area contributed by atoms with Gasteiger partial charge in [0, 0.05) is 0 Å². The van der Waals surface area contributed by atoms with Crippen molar-refractivity contribution in [1.29, 1.82) is 0 Å². The molecule has 1 aromatic carbocycles. The average molecular weight is 333 g/mol. The molecule has 0 fully saturated rings. The van der Waals surface area contributed by atoms with Crippen molar-refractivity contribution in [3.05, 3.63) is 35.9 Å². The first-order valence-electron chi connectivity index (χ1n) is 10.3. The average Bonchev–Trinajstić information content (AvgIpc) is 2.56. The Balaban J connectivity index is 0.00000254. The molecule has 0 nitrogen and oxygen atoms in total. The van der Waals surface area contributed by atoms with Crippen LogP contribution < -0.4 is 0 Å². The van der Waals surface area contributed by atoms with E-state index in [9.17, 15) is 0 Å². The molecule has 0 heterocycles. The molecule has 0 aromatic heterocycles. The van der Waals surface area contributed by atoms with E-state index < -0.39 is 0 Å². The van der Waals surface area contributed by atoms with Gasteiger partial charge in [-0.2, -0.15) is 0 Å². The van der Waals surface area contributed by atoms with E-state index in [2.05, 4.69) is 71.9 Å². The molecule has 0 heteroatoms. The highest BCUT2D eigenvalue weighted by Gasteiger charge is 2.30. The van der Waals surface area contributed by atoms with Crippen LogP contribution in [0.25, 0.3) is 0 Å². The largest absolute Gasteiger partial charge is 0.0683 e. The smallest absolute Gasteiger partial charge is 0.0157 e. The van der Waals surface area contributed by atoms with E-state index in [1.165, 1.54) is 44.9 Å². The molecule has 0 aliphatic carbocycles. The second kappa shape index (κ2) is 11.7. The van der Waals surface area contributed by atoms with Crippen LogP contribution in [0.1, 0.15) is 112 Å². The molecule has 1 unspecified atom stereocenters. The van der Waals surface area contributed by atoms with E-state index in [4.69, 9.17) is 0 Å². The van der Waals surface area contributed by atoms with Crippen LogP contribution in [0.5, 0.6) is 0 Å². The maximum Gasteiger partial charge on any atom is -0.0157 e. The summed E-state index contributed by atoms with van der Waals surface area (Å²) in [7, 11) is 0. The molecular formula is C24H44. The topological polar surface area (TPSA) is 0 Å². The summed E-state index contributed by atoms with van der Waals surface area (Å²) >= 11 is 0. The zero-order chi connectivity index (χ0) is 18.6. The Morgan fingerprint density at radius 2 is 1.42 bits per heavy atom. The van der Waals surface area contributed by atoms with Crippen LogP contribution in [0.3, 0.4) is 0 Å². The lowest BCUT2D eigenvalue weighted by Crippen LogP contribution is -2.24. The van der Waals surface area contributed by atoms with Crippen molar-refractivity contribution in [3.8, 4) is 0 Å². The highest BCUT2D eigenvalue weighted by molar-refractivity contribution is 5.19. The Bertz CT molecular complexity index is 399. The summed E-state index contributed by atoms with van der Waals surface area (Å²) in [4.78, 5) is 0. The minimum absolute atomic E-state index is 0.409. The highest BCUT2D eigenvalue weighted by Crippen LogP contribution is 2.43. The van der Waals surface area contributed by atoms with Crippen molar-refractivity contribution in [2.75, 3.05) is 0 Å². The van der Waals surface area contributed by atoms with Gasteiger partial charge >= 0.3 is 0 Å². The zero-order valence-electron chi connectivity index (χ0n) is 17.9. The van der Waals surface area contributed by atoms with Crippen LogP contribution in [0, 0.1) is 10.8 Å². The normalized spacial score (nSPS) is 13.2. The SMILES string of the molecule is CC.CCCCCC(CC(C)(C)CC(C)(C)CC)c1ccccc1. The quantitative estimate of drug-likeness (QED) is 0.376. The van der Waals surface area contributed by atoms with E-state index in [1.807, 2.05) is 13.8 Å². The van der Waals surface area contributed by atoms with Gasteiger partial charge in [-0.1, -0.05) is 111 Å². The maximum absolute atomic E-state index is 2.47. The number of hydrogen-bond acceptors (Lipinski definition) is 0. The summed E-state index contributed by atoms with van der Waals surface area (Å²) in [5.41, 5.74) is 2.40. The van der Waals surface area contributed by atoms with Crippen LogP contribution in [0.4, 0.5) is 0 Å². The van der Waals surface area contributed by atoms with Crippen molar-refractivity contribution in [1.82, 2.24) is 0 Å². The molecule has 24 heavy (non-hydrogen) atoms. The summed E-state index contributed by atoms with van der Waals surface area (Å²) in [6.45, 7) is 18.4. The number of unbranched alkanes of at least 4 members (excludes halogenated alkanes) is 2. The van der Waals surface area contributed by atoms with Crippen LogP contribution in [0.15, 0.2) is 30.3 Å². The first kappa shape index (κ1) is 23.2. The predicted molar refractivity (Wildman–Crippen MR) is 112 cm³/mol. The minimum Gasteiger partial charge on any atom is -0.0683 e. The van der Waals surface area contributed by atoms with Crippen molar-refractivity contribution in [3.63, 3.8) is 0 Å². The lowest BCUT2D eigenvalue weighted by molar-refractivity contribution is 0.165. The summed E-state index contributed by atoms with van der Waals surface area (Å²) < 4.78 is 0. The Morgan fingerprint density at radius 1 is 0.833 bits per heavy atom. The lowest BCUT2D eigenvalue weighted by atomic mass is 9.68. The Labute approximate surface area is 153 Å². The van der Waals surface area contributed by atoms with Crippen molar-refractivity contribution in [2.45, 2.75) is 106 Å². The third-order valence-corrected chi connectivity index (χ3v) is 5.14. The lowest BCUT2D eigenvalue weighted by Gasteiger charge is -2.37. The highest BCUT2D eigenvalue weighted by atomic mass is 14.4. The molecule has 0 spiro atoms. The summed E-state index contributed by atoms with van der Waals surface area (Å²) in [6, 6.07) is 11.2. The fourth-order valence-corrected chi connectivity index (χ4v) is 3.91. The van der Waals surface area contributed by atoms with Gasteiger partial charge in [0.05, 0.1) is 0 Å². The molecular weight excluding hydrogens is 288 g/mol. The van der Waals surface area contributed by atoms with Gasteiger partial charge in [-0.25, -0.2) is 0 Å². The molecule has 0 aliphatic rings. The van der Waals surface area contributed by atoms with E-state index >= 15 is 0 Å². The first-order chi connectivity index (χ1) is 11.3. The minimum atomic E-state index is 0.409. The maximum atomic E-state index is 2.47. The van der Waals surface area contributed by atoms with Gasteiger partial charge in [0.25, 0.3) is 0 Å². The molecule has 0 aliphatic heterocycles. The number of hydrogen-bond donors (Lipinski definition) is 0. The summed E-state index contributed by atoms with van der Waals surface area (Å²) in [6.07, 6.45) is 9.27. The van der Waals surface area contributed by atoms with Gasteiger partial charge in [0.15, 0.2) is 0 Å². The molecule has 0 amide bonds. The fraction of sp³-hybridized carbons (Fsp3) is 0.750. The molecule has 1 aromatic rings. The third kappa shape index (κ3) is 9.50. The second-order valence-electron chi connectivity index (χ2n) is 8.67. The van der Waals surface area contributed by atoms with Crippen molar-refractivity contribution in [2.24, 2.45) is 10.8 Å². The summed E-state index contributed by atoms with van der Waals surface area (Å²) in [5.74, 6) is 0.718. The van der Waals surface area contributed by atoms with Gasteiger partial charge in [-0.3, -0.25) is 0 Å². The monoisotopic (exact) mass is 332 g/mol. The molecule has 0 bridgehead atoms. The van der Waals surface area contributed by atoms with Gasteiger partial charge in [-0.15, -0.1) is 0 Å². The van der Waals surface area contributed by atoms with Crippen molar-refractivity contribution < 1.29 is 0 Å². The van der Waals surface area contributed by atoms with E-state index in [1.54, 1.807) is 5.56 Å². The van der Waals surface area contributed by atoms with Crippen LogP contribution in [-0.4, -0.2) is 0 Å². The van der Waals surface area contributed by atoms with Crippen LogP contribution in [-0.2, 0) is 0 Å². The number of benzene rings is 1. The molecule has 0 radical (unpaired) electrons. The van der Waals surface area contributed by atoms with Crippen molar-refractivity contribution >= 4 is 0 Å². The number of rotatable bonds is 10. The van der Waals surface area contributed by atoms with Gasteiger partial charge in [-0.05, 0) is 41.6 Å². The first-order valence-corrected chi connectivity index (χ1v) is 10.3. The van der Waals surface area contributed by atoms with Gasteiger partial charge in [0.1, 0.15) is 0 Å².